The Morgan fingerprint density at radius 1 is 1.00 bits per heavy atom. The van der Waals surface area contributed by atoms with E-state index in [1.807, 2.05) is 0 Å². The quantitative estimate of drug-likeness (QED) is 0.577. The maximum absolute atomic E-state index is 13.4. The summed E-state index contributed by atoms with van der Waals surface area (Å²) in [6.07, 6.45) is -2.99. The molecule has 174 valence electrons. The van der Waals surface area contributed by atoms with Crippen LogP contribution >= 0.6 is 11.6 Å². The highest BCUT2D eigenvalue weighted by molar-refractivity contribution is 7.89. The molecule has 32 heavy (non-hydrogen) atoms. The maximum atomic E-state index is 13.4. The Hall–Kier alpha value is -2.43. The Labute approximate surface area is 189 Å². The lowest BCUT2D eigenvalue weighted by atomic mass is 9.98. The van der Waals surface area contributed by atoms with Crippen LogP contribution in [0, 0.1) is 0 Å². The van der Waals surface area contributed by atoms with Crippen molar-refractivity contribution in [2.24, 2.45) is 0 Å². The summed E-state index contributed by atoms with van der Waals surface area (Å²) >= 11 is 5.67. The molecule has 0 fully saturated rings. The smallest absolute Gasteiger partial charge is 0.417 e. The van der Waals surface area contributed by atoms with E-state index < -0.39 is 26.7 Å². The molecule has 1 aliphatic heterocycles. The fraction of sp³-hybridized carbons (Fsp3) is 0.333. The van der Waals surface area contributed by atoms with Gasteiger partial charge in [0.25, 0.3) is 0 Å². The number of ether oxygens (including phenoxy) is 3. The number of benzene rings is 2. The van der Waals surface area contributed by atoms with E-state index in [2.05, 4.69) is 0 Å². The monoisotopic (exact) mass is 491 g/mol. The van der Waals surface area contributed by atoms with Crippen molar-refractivity contribution in [2.45, 2.75) is 17.5 Å². The molecule has 0 aliphatic carbocycles. The highest BCUT2D eigenvalue weighted by Gasteiger charge is 2.39. The van der Waals surface area contributed by atoms with Crippen molar-refractivity contribution in [2.75, 3.05) is 34.4 Å². The molecule has 0 saturated carbocycles. The summed E-state index contributed by atoms with van der Waals surface area (Å²) in [5, 5.41) is -0.198. The van der Waals surface area contributed by atoms with Crippen LogP contribution in [0.4, 0.5) is 13.2 Å². The highest BCUT2D eigenvalue weighted by Crippen LogP contribution is 2.42. The lowest BCUT2D eigenvalue weighted by Crippen LogP contribution is -2.35. The van der Waals surface area contributed by atoms with E-state index in [9.17, 15) is 21.6 Å². The molecule has 0 radical (unpaired) electrons. The Kier molecular flexibility index (Phi) is 6.97. The topological polar surface area (TPSA) is 65.1 Å². The molecule has 6 nitrogen and oxygen atoms in total. The Morgan fingerprint density at radius 3 is 2.09 bits per heavy atom. The average Bonchev–Trinajstić information content (AvgIpc) is 2.77. The molecule has 0 spiro atoms. The van der Waals surface area contributed by atoms with Crippen LogP contribution < -0.4 is 14.2 Å². The number of nitrogens with zero attached hydrogens (tertiary/aromatic N) is 1. The van der Waals surface area contributed by atoms with Gasteiger partial charge in [0.05, 0.1) is 37.4 Å². The van der Waals surface area contributed by atoms with Crippen molar-refractivity contribution in [3.63, 3.8) is 0 Å². The second-order valence-corrected chi connectivity index (χ2v) is 9.23. The van der Waals surface area contributed by atoms with Gasteiger partial charge < -0.3 is 14.2 Å². The van der Waals surface area contributed by atoms with Crippen LogP contribution in [0.15, 0.2) is 41.3 Å². The summed E-state index contributed by atoms with van der Waals surface area (Å²) in [4.78, 5) is -0.828. The van der Waals surface area contributed by atoms with Gasteiger partial charge in [0, 0.05) is 30.2 Å². The molecule has 0 amide bonds. The van der Waals surface area contributed by atoms with E-state index in [4.69, 9.17) is 25.8 Å². The number of methoxy groups -OCH3 is 3. The molecular formula is C21H21ClF3NO5S. The van der Waals surface area contributed by atoms with Gasteiger partial charge in [-0.1, -0.05) is 17.7 Å². The number of halogens is 4. The minimum atomic E-state index is -4.87. The number of hydrogen-bond acceptors (Lipinski definition) is 5. The van der Waals surface area contributed by atoms with E-state index in [0.29, 0.717) is 28.9 Å². The minimum Gasteiger partial charge on any atom is -0.496 e. The molecule has 2 aromatic rings. The second kappa shape index (κ2) is 9.21. The third-order valence-electron chi connectivity index (χ3n) is 5.07. The largest absolute Gasteiger partial charge is 0.496 e. The summed E-state index contributed by atoms with van der Waals surface area (Å²) in [5.41, 5.74) is 0.0912. The lowest BCUT2D eigenvalue weighted by Gasteiger charge is -2.28. The fourth-order valence-electron chi connectivity index (χ4n) is 3.51. The Morgan fingerprint density at radius 2 is 1.62 bits per heavy atom. The van der Waals surface area contributed by atoms with E-state index in [0.717, 1.165) is 22.0 Å². The maximum Gasteiger partial charge on any atom is 0.417 e. The van der Waals surface area contributed by atoms with Crippen molar-refractivity contribution < 1.29 is 35.8 Å². The fourth-order valence-corrected chi connectivity index (χ4v) is 5.25. The third-order valence-corrected chi connectivity index (χ3v) is 7.23. The minimum absolute atomic E-state index is 0.0214. The van der Waals surface area contributed by atoms with Gasteiger partial charge >= 0.3 is 6.18 Å². The zero-order valence-corrected chi connectivity index (χ0v) is 19.1. The molecule has 0 aromatic heterocycles. The summed E-state index contributed by atoms with van der Waals surface area (Å²) in [5.74, 6) is 1.46. The standard InChI is InChI=1S/C21H21ClF3NO5S/c1-29-15-11-17(30-2)20(18(12-15)31-3)13-6-8-26(9-7-13)32(27,28)19-5-4-14(22)10-16(19)21(23,24)25/h4-6,10-12H,7-9H2,1-3H3. The molecule has 0 atom stereocenters. The van der Waals surface area contributed by atoms with E-state index in [1.165, 1.54) is 21.3 Å². The molecule has 0 unspecified atom stereocenters. The molecule has 1 aliphatic rings. The van der Waals surface area contributed by atoms with Crippen LogP contribution in [0.3, 0.4) is 0 Å². The molecule has 1 heterocycles. The molecule has 2 aromatic carbocycles. The summed E-state index contributed by atoms with van der Waals surface area (Å²) in [6, 6.07) is 5.97. The van der Waals surface area contributed by atoms with Crippen LogP contribution in [0.5, 0.6) is 17.2 Å². The predicted octanol–water partition coefficient (Wildman–Crippen LogP) is 4.86. The first-order valence-corrected chi connectivity index (χ1v) is 11.2. The first-order chi connectivity index (χ1) is 15.0. The molecule has 0 bridgehead atoms. The molecule has 0 N–H and O–H groups in total. The first-order valence-electron chi connectivity index (χ1n) is 9.39. The first kappa shape index (κ1) is 24.2. The van der Waals surface area contributed by atoms with E-state index >= 15 is 0 Å². The van der Waals surface area contributed by atoms with Crippen LogP contribution in [-0.2, 0) is 16.2 Å². The van der Waals surface area contributed by atoms with Gasteiger partial charge in [-0.15, -0.1) is 0 Å². The normalized spacial score (nSPS) is 15.3. The molecule has 0 saturated heterocycles. The van der Waals surface area contributed by atoms with Gasteiger partial charge in [-0.05, 0) is 30.2 Å². The molecular weight excluding hydrogens is 471 g/mol. The van der Waals surface area contributed by atoms with Gasteiger partial charge in [-0.3, -0.25) is 0 Å². The van der Waals surface area contributed by atoms with Crippen LogP contribution in [0.2, 0.25) is 5.02 Å². The summed E-state index contributed by atoms with van der Waals surface area (Å²) in [7, 11) is 0.0562. The van der Waals surface area contributed by atoms with Crippen LogP contribution in [-0.4, -0.2) is 47.1 Å². The van der Waals surface area contributed by atoms with Gasteiger partial charge in [0.15, 0.2) is 0 Å². The summed E-state index contributed by atoms with van der Waals surface area (Å²) < 4.78 is 83.5. The van der Waals surface area contributed by atoms with Gasteiger partial charge in [-0.2, -0.15) is 17.5 Å². The summed E-state index contributed by atoms with van der Waals surface area (Å²) in [6.45, 7) is -0.137. The SMILES string of the molecule is COc1cc(OC)c(C2=CCN(S(=O)(=O)c3ccc(Cl)cc3C(F)(F)F)CC2)c(OC)c1. The van der Waals surface area contributed by atoms with Crippen molar-refractivity contribution >= 4 is 27.2 Å². The zero-order valence-electron chi connectivity index (χ0n) is 17.5. The second-order valence-electron chi connectivity index (χ2n) is 6.89. The number of sulfonamides is 1. The lowest BCUT2D eigenvalue weighted by molar-refractivity contribution is -0.139. The van der Waals surface area contributed by atoms with Gasteiger partial charge in [0.2, 0.25) is 10.0 Å². The van der Waals surface area contributed by atoms with E-state index in [1.54, 1.807) is 18.2 Å². The number of alkyl halides is 3. The number of rotatable bonds is 6. The number of hydrogen-bond donors (Lipinski definition) is 0. The van der Waals surface area contributed by atoms with Crippen molar-refractivity contribution in [1.29, 1.82) is 0 Å². The van der Waals surface area contributed by atoms with Crippen LogP contribution in [0.1, 0.15) is 17.5 Å². The molecule has 11 heteroatoms. The molecule has 3 rings (SSSR count). The zero-order chi connectivity index (χ0) is 23.7. The Balaban J connectivity index is 1.98. The third kappa shape index (κ3) is 4.67. The predicted molar refractivity (Wildman–Crippen MR) is 114 cm³/mol. The van der Waals surface area contributed by atoms with Gasteiger partial charge in [0.1, 0.15) is 17.2 Å². The van der Waals surface area contributed by atoms with Crippen molar-refractivity contribution in [1.82, 2.24) is 4.31 Å². The van der Waals surface area contributed by atoms with Crippen molar-refractivity contribution in [3.8, 4) is 17.2 Å². The average molecular weight is 492 g/mol. The van der Waals surface area contributed by atoms with E-state index in [-0.39, 0.29) is 24.5 Å². The van der Waals surface area contributed by atoms with Gasteiger partial charge in [-0.25, -0.2) is 8.42 Å². The van der Waals surface area contributed by atoms with Crippen molar-refractivity contribution in [3.05, 3.63) is 52.6 Å². The highest BCUT2D eigenvalue weighted by atomic mass is 35.5. The van der Waals surface area contributed by atoms with Crippen LogP contribution in [0.25, 0.3) is 5.57 Å². The Bertz CT molecular complexity index is 1120.